The molecular weight excluding hydrogens is 308 g/mol. The molecule has 132 valence electrons. The molecule has 1 aromatic heterocycles. The number of nitrogens with zero attached hydrogens (tertiary/aromatic N) is 2. The van der Waals surface area contributed by atoms with Gasteiger partial charge in [0, 0.05) is 18.9 Å². The number of hydrogen-bond acceptors (Lipinski definition) is 2. The molecule has 0 fully saturated rings. The van der Waals surface area contributed by atoms with Crippen LogP contribution in [0.2, 0.25) is 0 Å². The zero-order valence-corrected chi connectivity index (χ0v) is 15.6. The Kier molecular flexibility index (Phi) is 5.75. The second-order valence-corrected chi connectivity index (χ2v) is 6.59. The molecule has 1 aliphatic rings. The summed E-state index contributed by atoms with van der Waals surface area (Å²) in [6.45, 7) is 5.14. The molecule has 0 saturated heterocycles. The predicted molar refractivity (Wildman–Crippen MR) is 105 cm³/mol. The van der Waals surface area contributed by atoms with E-state index in [2.05, 4.69) is 47.0 Å². The van der Waals surface area contributed by atoms with E-state index >= 15 is 0 Å². The summed E-state index contributed by atoms with van der Waals surface area (Å²) in [7, 11) is 1.78. The van der Waals surface area contributed by atoms with Crippen LogP contribution in [0, 0.1) is 0 Å². The first kappa shape index (κ1) is 17.5. The van der Waals surface area contributed by atoms with E-state index in [0.717, 1.165) is 37.4 Å². The highest BCUT2D eigenvalue weighted by Crippen LogP contribution is 2.33. The van der Waals surface area contributed by atoms with Gasteiger partial charge in [-0.2, -0.15) is 0 Å². The van der Waals surface area contributed by atoms with Gasteiger partial charge in [0.05, 0.1) is 7.11 Å². The van der Waals surface area contributed by atoms with Crippen LogP contribution >= 0.6 is 0 Å². The number of fused-ring (bicyclic) bond motifs is 1. The van der Waals surface area contributed by atoms with E-state index < -0.39 is 0 Å². The second-order valence-electron chi connectivity index (χ2n) is 6.59. The van der Waals surface area contributed by atoms with Crippen LogP contribution in [0.1, 0.15) is 55.6 Å². The zero-order chi connectivity index (χ0) is 17.6. The predicted octanol–water partition coefficient (Wildman–Crippen LogP) is 5.30. The van der Waals surface area contributed by atoms with E-state index in [4.69, 9.17) is 4.74 Å². The Morgan fingerprint density at radius 1 is 1.24 bits per heavy atom. The van der Waals surface area contributed by atoms with Crippen molar-refractivity contribution in [2.45, 2.75) is 52.5 Å². The molecule has 1 aliphatic carbocycles. The lowest BCUT2D eigenvalue weighted by atomic mass is 9.87. The minimum Gasteiger partial charge on any atom is -0.496 e. The van der Waals surface area contributed by atoms with Crippen molar-refractivity contribution in [1.82, 2.24) is 9.55 Å². The van der Waals surface area contributed by atoms with Gasteiger partial charge in [-0.25, -0.2) is 4.98 Å². The van der Waals surface area contributed by atoms with Gasteiger partial charge in [0.1, 0.15) is 11.6 Å². The highest BCUT2D eigenvalue weighted by atomic mass is 16.5. The maximum atomic E-state index is 5.59. The van der Waals surface area contributed by atoms with Crippen molar-refractivity contribution in [2.75, 3.05) is 7.11 Å². The molecule has 1 aromatic carbocycles. The number of imidazole rings is 1. The largest absolute Gasteiger partial charge is 0.496 e. The van der Waals surface area contributed by atoms with Crippen LogP contribution in [-0.4, -0.2) is 16.7 Å². The Bertz CT molecular complexity index is 783. The van der Waals surface area contributed by atoms with Gasteiger partial charge in [0.15, 0.2) is 0 Å². The molecule has 0 unspecified atom stereocenters. The summed E-state index contributed by atoms with van der Waals surface area (Å²) >= 11 is 0. The average Bonchev–Trinajstić information content (AvgIpc) is 3.08. The number of methoxy groups -OCH3 is 1. The lowest BCUT2D eigenvalue weighted by molar-refractivity contribution is 0.406. The molecule has 3 rings (SSSR count). The lowest BCUT2D eigenvalue weighted by Gasteiger charge is -2.21. The number of rotatable bonds is 6. The number of ether oxygens (including phenoxy) is 1. The van der Waals surface area contributed by atoms with Crippen LogP contribution < -0.4 is 4.74 Å². The maximum Gasteiger partial charge on any atom is 0.132 e. The zero-order valence-electron chi connectivity index (χ0n) is 15.6. The van der Waals surface area contributed by atoms with Crippen molar-refractivity contribution >= 4 is 12.2 Å². The van der Waals surface area contributed by atoms with Gasteiger partial charge < -0.3 is 9.30 Å². The molecule has 0 aliphatic heterocycles. The second kappa shape index (κ2) is 8.19. The topological polar surface area (TPSA) is 27.1 Å². The molecule has 0 bridgehead atoms. The fourth-order valence-electron chi connectivity index (χ4n) is 3.65. The first-order chi connectivity index (χ1) is 12.3. The summed E-state index contributed by atoms with van der Waals surface area (Å²) < 4.78 is 7.80. The van der Waals surface area contributed by atoms with Crippen molar-refractivity contribution in [3.8, 4) is 5.75 Å². The Balaban J connectivity index is 1.93. The van der Waals surface area contributed by atoms with Gasteiger partial charge >= 0.3 is 0 Å². The lowest BCUT2D eigenvalue weighted by Crippen LogP contribution is -2.08. The summed E-state index contributed by atoms with van der Waals surface area (Å²) in [5, 5.41) is 0. The number of hydrogen-bond donors (Lipinski definition) is 0. The molecule has 0 amide bonds. The fraction of sp³-hybridized carbons (Fsp3) is 0.409. The molecule has 25 heavy (non-hydrogen) atoms. The molecular formula is C22H28N2O. The molecule has 0 saturated carbocycles. The van der Waals surface area contributed by atoms with E-state index in [-0.39, 0.29) is 0 Å². The summed E-state index contributed by atoms with van der Waals surface area (Å²) in [6, 6.07) is 4.35. The molecule has 0 spiro atoms. The molecule has 1 heterocycles. The standard InChI is InChI=1S/C22H28N2O/c1-4-8-22-23-13-14-24(22)16-17(5-2)15-18-11-12-21(25-3)20-10-7-6-9-19(18)20/h4,8,11-15H,5-7,9-10,16H2,1-3H3/b8-4-,17-15?. The Hall–Kier alpha value is -2.29. The third kappa shape index (κ3) is 3.87. The van der Waals surface area contributed by atoms with Crippen LogP contribution in [0.25, 0.3) is 12.2 Å². The normalized spacial score (nSPS) is 14.8. The monoisotopic (exact) mass is 336 g/mol. The van der Waals surface area contributed by atoms with Crippen LogP contribution in [-0.2, 0) is 19.4 Å². The van der Waals surface area contributed by atoms with Crippen LogP contribution in [0.15, 0.2) is 36.2 Å². The van der Waals surface area contributed by atoms with Gasteiger partial charge in [-0.15, -0.1) is 0 Å². The SMILES string of the molecule is C/C=C\c1nccn1CC(=Cc1ccc(OC)c2c1CCCC2)CC. The van der Waals surface area contributed by atoms with Gasteiger partial charge in [-0.05, 0) is 67.9 Å². The van der Waals surface area contributed by atoms with Crippen LogP contribution in [0.3, 0.4) is 0 Å². The fourth-order valence-corrected chi connectivity index (χ4v) is 3.65. The van der Waals surface area contributed by atoms with E-state index in [0.29, 0.717) is 0 Å². The summed E-state index contributed by atoms with van der Waals surface area (Å²) in [5.41, 5.74) is 5.67. The Morgan fingerprint density at radius 2 is 2.04 bits per heavy atom. The first-order valence-electron chi connectivity index (χ1n) is 9.28. The van der Waals surface area contributed by atoms with Crippen molar-refractivity contribution in [3.63, 3.8) is 0 Å². The third-order valence-electron chi connectivity index (χ3n) is 5.00. The highest BCUT2D eigenvalue weighted by Gasteiger charge is 2.17. The van der Waals surface area contributed by atoms with Gasteiger partial charge in [0.25, 0.3) is 0 Å². The number of aromatic nitrogens is 2. The summed E-state index contributed by atoms with van der Waals surface area (Å²) in [4.78, 5) is 4.43. The quantitative estimate of drug-likeness (QED) is 0.716. The molecule has 0 radical (unpaired) electrons. The van der Waals surface area contributed by atoms with E-state index in [1.54, 1.807) is 7.11 Å². The molecule has 2 aromatic rings. The third-order valence-corrected chi connectivity index (χ3v) is 5.00. The number of allylic oxidation sites excluding steroid dienone is 2. The van der Waals surface area contributed by atoms with E-state index in [9.17, 15) is 0 Å². The molecule has 3 nitrogen and oxygen atoms in total. The van der Waals surface area contributed by atoms with Crippen LogP contribution in [0.4, 0.5) is 0 Å². The Labute approximate surface area is 151 Å². The summed E-state index contributed by atoms with van der Waals surface area (Å²) in [6.07, 6.45) is 16.3. The summed E-state index contributed by atoms with van der Waals surface area (Å²) in [5.74, 6) is 2.06. The molecule has 0 N–H and O–H groups in total. The first-order valence-corrected chi connectivity index (χ1v) is 9.28. The van der Waals surface area contributed by atoms with Crippen LogP contribution in [0.5, 0.6) is 5.75 Å². The van der Waals surface area contributed by atoms with E-state index in [1.165, 1.54) is 35.1 Å². The molecule has 3 heteroatoms. The Morgan fingerprint density at radius 3 is 2.76 bits per heavy atom. The van der Waals surface area contributed by atoms with Gasteiger partial charge in [-0.3, -0.25) is 0 Å². The highest BCUT2D eigenvalue weighted by molar-refractivity contribution is 5.62. The van der Waals surface area contributed by atoms with Crippen molar-refractivity contribution in [3.05, 3.63) is 58.7 Å². The van der Waals surface area contributed by atoms with E-state index in [1.807, 2.05) is 19.2 Å². The average molecular weight is 336 g/mol. The van der Waals surface area contributed by atoms with Crippen molar-refractivity contribution < 1.29 is 4.74 Å². The van der Waals surface area contributed by atoms with Crippen molar-refractivity contribution in [1.29, 1.82) is 0 Å². The molecule has 0 atom stereocenters. The van der Waals surface area contributed by atoms with Crippen molar-refractivity contribution in [2.24, 2.45) is 0 Å². The van der Waals surface area contributed by atoms with Gasteiger partial charge in [0.2, 0.25) is 0 Å². The number of benzene rings is 1. The minimum atomic E-state index is 0.886. The smallest absolute Gasteiger partial charge is 0.132 e. The van der Waals surface area contributed by atoms with Gasteiger partial charge in [-0.1, -0.05) is 30.7 Å². The minimum absolute atomic E-state index is 0.886. The maximum absolute atomic E-state index is 5.59.